The fraction of sp³-hybridized carbons (Fsp3) is 0.714. The molecule has 17 heavy (non-hydrogen) atoms. The van der Waals surface area contributed by atoms with E-state index in [0.717, 1.165) is 12.5 Å². The highest BCUT2D eigenvalue weighted by Gasteiger charge is 2.23. The van der Waals surface area contributed by atoms with Gasteiger partial charge in [0.15, 0.2) is 0 Å². The summed E-state index contributed by atoms with van der Waals surface area (Å²) in [4.78, 5) is 1.50. The predicted molar refractivity (Wildman–Crippen MR) is 79.7 cm³/mol. The summed E-state index contributed by atoms with van der Waals surface area (Å²) < 4.78 is 1.29. The summed E-state index contributed by atoms with van der Waals surface area (Å²) >= 11 is 5.53. The molecule has 1 heterocycles. The Kier molecular flexibility index (Phi) is 5.07. The van der Waals surface area contributed by atoms with Crippen LogP contribution in [-0.4, -0.2) is 6.54 Å². The zero-order valence-electron chi connectivity index (χ0n) is 10.8. The van der Waals surface area contributed by atoms with Crippen LogP contribution in [0.1, 0.15) is 55.5 Å². The summed E-state index contributed by atoms with van der Waals surface area (Å²) in [5.41, 5.74) is 1.37. The molecular weight excluding hydrogens is 294 g/mol. The minimum absolute atomic E-state index is 0.575. The van der Waals surface area contributed by atoms with Crippen molar-refractivity contribution in [2.24, 2.45) is 5.92 Å². The highest BCUT2D eigenvalue weighted by Crippen LogP contribution is 2.38. The van der Waals surface area contributed by atoms with Gasteiger partial charge in [-0.25, -0.2) is 0 Å². The van der Waals surface area contributed by atoms with E-state index < -0.39 is 0 Å². The first kappa shape index (κ1) is 13.6. The van der Waals surface area contributed by atoms with E-state index >= 15 is 0 Å². The molecule has 1 atom stereocenters. The summed E-state index contributed by atoms with van der Waals surface area (Å²) in [6.45, 7) is 5.55. The number of hydrogen-bond acceptors (Lipinski definition) is 2. The lowest BCUT2D eigenvalue weighted by Crippen LogP contribution is -2.21. The summed E-state index contributed by atoms with van der Waals surface area (Å²) in [6, 6.07) is 2.92. The summed E-state index contributed by atoms with van der Waals surface area (Å²) in [5, 5.41) is 3.70. The molecule has 1 aliphatic carbocycles. The van der Waals surface area contributed by atoms with Crippen molar-refractivity contribution in [3.8, 4) is 0 Å². The van der Waals surface area contributed by atoms with Crippen molar-refractivity contribution in [1.29, 1.82) is 0 Å². The molecule has 0 spiro atoms. The predicted octanol–water partition coefficient (Wildman–Crippen LogP) is 5.05. The van der Waals surface area contributed by atoms with Crippen LogP contribution in [0.5, 0.6) is 0 Å². The summed E-state index contributed by atoms with van der Waals surface area (Å²) in [5.74, 6) is 1.03. The molecule has 1 N–H and O–H groups in total. The highest BCUT2D eigenvalue weighted by molar-refractivity contribution is 9.11. The topological polar surface area (TPSA) is 12.0 Å². The highest BCUT2D eigenvalue weighted by atomic mass is 79.9. The number of halogens is 1. The van der Waals surface area contributed by atoms with Crippen LogP contribution in [0, 0.1) is 12.8 Å². The molecule has 1 nitrogen and oxygen atoms in total. The third-order valence-electron chi connectivity index (χ3n) is 3.42. The van der Waals surface area contributed by atoms with Gasteiger partial charge in [-0.2, -0.15) is 0 Å². The molecule has 0 saturated heterocycles. The first-order chi connectivity index (χ1) is 8.20. The van der Waals surface area contributed by atoms with E-state index in [4.69, 9.17) is 0 Å². The Balaban J connectivity index is 1.96. The standard InChI is InChI=1S/C14H22BrNS/c1-3-8-16-12(7-6-11-4-5-11)13-9-10(2)14(15)17-13/h9,11-12,16H,3-8H2,1-2H3. The monoisotopic (exact) mass is 315 g/mol. The number of nitrogens with one attached hydrogen (secondary N) is 1. The van der Waals surface area contributed by atoms with Crippen LogP contribution < -0.4 is 5.32 Å². The van der Waals surface area contributed by atoms with Crippen molar-refractivity contribution in [3.05, 3.63) is 20.3 Å². The molecule has 1 saturated carbocycles. The Labute approximate surface area is 117 Å². The van der Waals surface area contributed by atoms with E-state index in [2.05, 4.69) is 41.2 Å². The van der Waals surface area contributed by atoms with Crippen LogP contribution >= 0.6 is 27.3 Å². The van der Waals surface area contributed by atoms with Crippen molar-refractivity contribution < 1.29 is 0 Å². The van der Waals surface area contributed by atoms with Gasteiger partial charge < -0.3 is 5.32 Å². The summed E-state index contributed by atoms with van der Waals surface area (Å²) in [7, 11) is 0. The number of aryl methyl sites for hydroxylation is 1. The molecule has 0 aromatic carbocycles. The lowest BCUT2D eigenvalue weighted by Gasteiger charge is -2.16. The van der Waals surface area contributed by atoms with Crippen molar-refractivity contribution in [2.45, 2.75) is 52.0 Å². The number of rotatable bonds is 7. The van der Waals surface area contributed by atoms with Crippen LogP contribution in [0.15, 0.2) is 9.85 Å². The smallest absolute Gasteiger partial charge is 0.0731 e. The van der Waals surface area contributed by atoms with Crippen LogP contribution in [0.4, 0.5) is 0 Å². The van der Waals surface area contributed by atoms with E-state index in [1.807, 2.05) is 11.3 Å². The molecule has 0 bridgehead atoms. The largest absolute Gasteiger partial charge is 0.309 e. The Bertz CT molecular complexity index is 338. The van der Waals surface area contributed by atoms with Gasteiger partial charge in [-0.15, -0.1) is 11.3 Å². The van der Waals surface area contributed by atoms with Crippen LogP contribution in [-0.2, 0) is 0 Å². The van der Waals surface area contributed by atoms with E-state index in [-0.39, 0.29) is 0 Å². The molecular formula is C14H22BrNS. The SMILES string of the molecule is CCCNC(CCC1CC1)c1cc(C)c(Br)s1. The molecule has 0 radical (unpaired) electrons. The number of thiophene rings is 1. The van der Waals surface area contributed by atoms with Crippen molar-refractivity contribution in [1.82, 2.24) is 5.32 Å². The lowest BCUT2D eigenvalue weighted by molar-refractivity contribution is 0.476. The Morgan fingerprint density at radius 3 is 2.82 bits per heavy atom. The van der Waals surface area contributed by atoms with Crippen molar-refractivity contribution in [3.63, 3.8) is 0 Å². The Hall–Kier alpha value is 0.140. The van der Waals surface area contributed by atoms with Gasteiger partial charge in [0.2, 0.25) is 0 Å². The lowest BCUT2D eigenvalue weighted by atomic mass is 10.1. The van der Waals surface area contributed by atoms with Crippen molar-refractivity contribution >= 4 is 27.3 Å². The van der Waals surface area contributed by atoms with Gasteiger partial charge in [-0.1, -0.05) is 19.8 Å². The van der Waals surface area contributed by atoms with Crippen LogP contribution in [0.3, 0.4) is 0 Å². The van der Waals surface area contributed by atoms with Gasteiger partial charge in [-0.3, -0.25) is 0 Å². The molecule has 1 fully saturated rings. The second-order valence-corrected chi connectivity index (χ2v) is 7.53. The Morgan fingerprint density at radius 2 is 2.29 bits per heavy atom. The average molecular weight is 316 g/mol. The maximum Gasteiger partial charge on any atom is 0.0731 e. The minimum Gasteiger partial charge on any atom is -0.309 e. The van der Waals surface area contributed by atoms with Gasteiger partial charge in [0.05, 0.1) is 3.79 Å². The molecule has 1 aliphatic rings. The van der Waals surface area contributed by atoms with Crippen molar-refractivity contribution in [2.75, 3.05) is 6.54 Å². The van der Waals surface area contributed by atoms with Gasteiger partial charge >= 0.3 is 0 Å². The molecule has 3 heteroatoms. The second-order valence-electron chi connectivity index (χ2n) is 5.13. The third-order valence-corrected chi connectivity index (χ3v) is 5.67. The molecule has 0 amide bonds. The molecule has 0 aliphatic heterocycles. The molecule has 1 aromatic rings. The average Bonchev–Trinajstić information content (AvgIpc) is 3.06. The van der Waals surface area contributed by atoms with Crippen LogP contribution in [0.2, 0.25) is 0 Å². The van der Waals surface area contributed by atoms with Gasteiger partial charge in [0.25, 0.3) is 0 Å². The maximum atomic E-state index is 3.70. The fourth-order valence-corrected chi connectivity index (χ4v) is 3.81. The van der Waals surface area contributed by atoms with Gasteiger partial charge in [-0.05, 0) is 66.2 Å². The van der Waals surface area contributed by atoms with E-state index in [9.17, 15) is 0 Å². The first-order valence-electron chi connectivity index (χ1n) is 6.70. The minimum atomic E-state index is 0.575. The van der Waals surface area contributed by atoms with E-state index in [1.54, 1.807) is 0 Å². The summed E-state index contributed by atoms with van der Waals surface area (Å²) in [6.07, 6.45) is 6.85. The Morgan fingerprint density at radius 1 is 1.53 bits per heavy atom. The molecule has 1 aromatic heterocycles. The normalized spacial score (nSPS) is 17.4. The van der Waals surface area contributed by atoms with E-state index in [0.29, 0.717) is 6.04 Å². The zero-order chi connectivity index (χ0) is 12.3. The van der Waals surface area contributed by atoms with Crippen LogP contribution in [0.25, 0.3) is 0 Å². The zero-order valence-corrected chi connectivity index (χ0v) is 13.2. The molecule has 96 valence electrons. The third kappa shape index (κ3) is 4.08. The fourth-order valence-electron chi connectivity index (χ4n) is 2.13. The maximum absolute atomic E-state index is 3.70. The quantitative estimate of drug-likeness (QED) is 0.742. The molecule has 2 rings (SSSR count). The van der Waals surface area contributed by atoms with E-state index in [1.165, 1.54) is 46.3 Å². The number of hydrogen-bond donors (Lipinski definition) is 1. The second kappa shape index (κ2) is 6.35. The molecule has 1 unspecified atom stereocenters. The van der Waals surface area contributed by atoms with Gasteiger partial charge in [0.1, 0.15) is 0 Å². The van der Waals surface area contributed by atoms with Gasteiger partial charge in [0, 0.05) is 10.9 Å². The first-order valence-corrected chi connectivity index (χ1v) is 8.31.